The maximum Gasteiger partial charge on any atom is 0.130 e. The second-order valence-electron chi connectivity index (χ2n) is 7.87. The third-order valence-corrected chi connectivity index (χ3v) is 5.23. The van der Waals surface area contributed by atoms with E-state index in [1.165, 1.54) is 49.4 Å². The highest BCUT2D eigenvalue weighted by atomic mass is 15.4. The number of aryl methyl sites for hydroxylation is 1. The van der Waals surface area contributed by atoms with E-state index >= 15 is 0 Å². The first kappa shape index (κ1) is 16.8. The van der Waals surface area contributed by atoms with E-state index in [0.29, 0.717) is 5.92 Å². The molecule has 3 rings (SSSR count). The van der Waals surface area contributed by atoms with Gasteiger partial charge in [-0.05, 0) is 44.2 Å². The van der Waals surface area contributed by atoms with E-state index in [0.717, 1.165) is 25.0 Å². The predicted molar refractivity (Wildman–Crippen MR) is 96.0 cm³/mol. The van der Waals surface area contributed by atoms with Crippen LogP contribution in [0.5, 0.6) is 0 Å². The van der Waals surface area contributed by atoms with E-state index in [1.54, 1.807) is 0 Å². The number of hydrogen-bond acceptors (Lipinski definition) is 4. The van der Waals surface area contributed by atoms with Crippen LogP contribution in [0.4, 0.5) is 5.82 Å². The Morgan fingerprint density at radius 3 is 2.61 bits per heavy atom. The zero-order valence-electron chi connectivity index (χ0n) is 15.5. The largest absolute Gasteiger partial charge is 0.363 e. The van der Waals surface area contributed by atoms with Crippen LogP contribution in [-0.4, -0.2) is 54.5 Å². The standard InChI is InChI=1S/C18H33N5/c1-13(2)17-16(18(21(3)4)22(5)20-17)11-19-10-14-8-9-23(12-14)15-6-7-15/h13-15,19H,6-12H2,1-5H3/t14-/m0/s1. The van der Waals surface area contributed by atoms with Crippen LogP contribution in [-0.2, 0) is 13.6 Å². The quantitative estimate of drug-likeness (QED) is 0.836. The summed E-state index contributed by atoms with van der Waals surface area (Å²) in [5, 5.41) is 8.47. The van der Waals surface area contributed by atoms with E-state index in [-0.39, 0.29) is 0 Å². The topological polar surface area (TPSA) is 36.3 Å². The third kappa shape index (κ3) is 3.72. The summed E-state index contributed by atoms with van der Waals surface area (Å²) in [5.74, 6) is 2.51. The Morgan fingerprint density at radius 1 is 1.26 bits per heavy atom. The minimum Gasteiger partial charge on any atom is -0.363 e. The van der Waals surface area contributed by atoms with Crippen LogP contribution in [0.15, 0.2) is 0 Å². The molecule has 0 aromatic carbocycles. The molecule has 5 heteroatoms. The van der Waals surface area contributed by atoms with Crippen LogP contribution in [0.25, 0.3) is 0 Å². The first-order valence-corrected chi connectivity index (χ1v) is 9.15. The van der Waals surface area contributed by atoms with Crippen molar-refractivity contribution in [3.05, 3.63) is 11.3 Å². The number of rotatable bonds is 7. The lowest BCUT2D eigenvalue weighted by Gasteiger charge is -2.18. The van der Waals surface area contributed by atoms with E-state index in [1.807, 2.05) is 4.68 Å². The molecule has 2 fully saturated rings. The summed E-state index contributed by atoms with van der Waals surface area (Å²) in [4.78, 5) is 4.88. The summed E-state index contributed by atoms with van der Waals surface area (Å²) in [7, 11) is 6.26. The minimum absolute atomic E-state index is 0.462. The molecule has 2 heterocycles. The van der Waals surface area contributed by atoms with E-state index in [2.05, 4.69) is 50.1 Å². The molecule has 130 valence electrons. The summed E-state index contributed by atoms with van der Waals surface area (Å²) in [6.45, 7) is 9.12. The fourth-order valence-corrected chi connectivity index (χ4v) is 3.97. The number of likely N-dealkylation sites (tertiary alicyclic amines) is 1. The zero-order chi connectivity index (χ0) is 16.6. The molecule has 1 aromatic rings. The summed E-state index contributed by atoms with van der Waals surface area (Å²) in [5.41, 5.74) is 2.60. The molecule has 1 atom stereocenters. The van der Waals surface area contributed by atoms with Crippen LogP contribution in [0, 0.1) is 5.92 Å². The molecule has 0 spiro atoms. The minimum atomic E-state index is 0.462. The Bertz CT molecular complexity index is 530. The average molecular weight is 319 g/mol. The van der Waals surface area contributed by atoms with Gasteiger partial charge in [0.2, 0.25) is 0 Å². The summed E-state index contributed by atoms with van der Waals surface area (Å²) < 4.78 is 2.02. The van der Waals surface area contributed by atoms with Gasteiger partial charge in [0.05, 0.1) is 5.69 Å². The van der Waals surface area contributed by atoms with E-state index in [4.69, 9.17) is 5.10 Å². The van der Waals surface area contributed by atoms with Gasteiger partial charge in [0.15, 0.2) is 0 Å². The second kappa shape index (κ2) is 6.81. The van der Waals surface area contributed by atoms with Gasteiger partial charge in [-0.2, -0.15) is 5.10 Å². The van der Waals surface area contributed by atoms with Gasteiger partial charge in [-0.25, -0.2) is 0 Å². The second-order valence-corrected chi connectivity index (χ2v) is 7.87. The van der Waals surface area contributed by atoms with Crippen molar-refractivity contribution < 1.29 is 0 Å². The van der Waals surface area contributed by atoms with Gasteiger partial charge in [-0.1, -0.05) is 13.8 Å². The maximum atomic E-state index is 4.75. The summed E-state index contributed by atoms with van der Waals surface area (Å²) in [6, 6.07) is 0.922. The SMILES string of the molecule is CC(C)c1nn(C)c(N(C)C)c1CNC[C@@H]1CCN(C2CC2)C1. The lowest BCUT2D eigenvalue weighted by Crippen LogP contribution is -2.28. The van der Waals surface area contributed by atoms with Crippen LogP contribution in [0.1, 0.15) is 50.3 Å². The Labute approximate surface area is 141 Å². The van der Waals surface area contributed by atoms with Crippen LogP contribution in [0.2, 0.25) is 0 Å². The number of aromatic nitrogens is 2. The lowest BCUT2D eigenvalue weighted by atomic mass is 10.0. The van der Waals surface area contributed by atoms with Crippen molar-refractivity contribution in [1.82, 2.24) is 20.0 Å². The molecule has 23 heavy (non-hydrogen) atoms. The van der Waals surface area contributed by atoms with Crippen molar-refractivity contribution >= 4 is 5.82 Å². The summed E-state index contributed by atoms with van der Waals surface area (Å²) >= 11 is 0. The van der Waals surface area contributed by atoms with Crippen LogP contribution >= 0.6 is 0 Å². The van der Waals surface area contributed by atoms with Gasteiger partial charge < -0.3 is 15.1 Å². The van der Waals surface area contributed by atoms with Crippen LogP contribution < -0.4 is 10.2 Å². The average Bonchev–Trinajstić information content (AvgIpc) is 3.13. The van der Waals surface area contributed by atoms with Crippen molar-refractivity contribution in [2.75, 3.05) is 38.6 Å². The number of hydrogen-bond donors (Lipinski definition) is 1. The number of anilines is 1. The molecule has 2 aliphatic rings. The highest BCUT2D eigenvalue weighted by Crippen LogP contribution is 2.31. The molecule has 1 saturated carbocycles. The van der Waals surface area contributed by atoms with Crippen molar-refractivity contribution in [2.45, 2.75) is 51.6 Å². The van der Waals surface area contributed by atoms with Gasteiger partial charge in [-0.3, -0.25) is 4.68 Å². The molecular weight excluding hydrogens is 286 g/mol. The molecule has 0 amide bonds. The van der Waals surface area contributed by atoms with Crippen LogP contribution in [0.3, 0.4) is 0 Å². The summed E-state index contributed by atoms with van der Waals surface area (Å²) in [6.07, 6.45) is 4.22. The predicted octanol–water partition coefficient (Wildman–Crippen LogP) is 2.18. The van der Waals surface area contributed by atoms with Gasteiger partial charge in [0.1, 0.15) is 5.82 Å². The smallest absolute Gasteiger partial charge is 0.130 e. The van der Waals surface area contributed by atoms with Crippen molar-refractivity contribution in [3.8, 4) is 0 Å². The Kier molecular flexibility index (Phi) is 4.97. The zero-order valence-corrected chi connectivity index (χ0v) is 15.5. The van der Waals surface area contributed by atoms with Gasteiger partial charge >= 0.3 is 0 Å². The molecule has 1 aliphatic carbocycles. The fourth-order valence-electron chi connectivity index (χ4n) is 3.97. The fraction of sp³-hybridized carbons (Fsp3) is 0.833. The highest BCUT2D eigenvalue weighted by molar-refractivity contribution is 5.50. The Hall–Kier alpha value is -1.07. The highest BCUT2D eigenvalue weighted by Gasteiger charge is 2.34. The van der Waals surface area contributed by atoms with Crippen molar-refractivity contribution in [2.24, 2.45) is 13.0 Å². The van der Waals surface area contributed by atoms with Gasteiger partial charge in [-0.15, -0.1) is 0 Å². The molecule has 1 aromatic heterocycles. The molecular formula is C18H33N5. The molecule has 1 aliphatic heterocycles. The Morgan fingerprint density at radius 2 is 2.00 bits per heavy atom. The van der Waals surface area contributed by atoms with Crippen molar-refractivity contribution in [1.29, 1.82) is 0 Å². The molecule has 0 unspecified atom stereocenters. The first-order chi connectivity index (χ1) is 11.0. The third-order valence-electron chi connectivity index (χ3n) is 5.23. The molecule has 1 saturated heterocycles. The van der Waals surface area contributed by atoms with Crippen molar-refractivity contribution in [3.63, 3.8) is 0 Å². The lowest BCUT2D eigenvalue weighted by molar-refractivity contribution is 0.312. The number of nitrogens with one attached hydrogen (secondary N) is 1. The molecule has 0 radical (unpaired) electrons. The van der Waals surface area contributed by atoms with Gasteiger partial charge in [0, 0.05) is 45.8 Å². The Balaban J connectivity index is 1.59. The maximum absolute atomic E-state index is 4.75. The normalized spacial score (nSPS) is 22.3. The molecule has 5 nitrogen and oxygen atoms in total. The molecule has 1 N–H and O–H groups in total. The number of nitrogens with zero attached hydrogens (tertiary/aromatic N) is 4. The van der Waals surface area contributed by atoms with Gasteiger partial charge in [0.25, 0.3) is 0 Å². The van der Waals surface area contributed by atoms with E-state index in [9.17, 15) is 0 Å². The monoisotopic (exact) mass is 319 g/mol. The van der Waals surface area contributed by atoms with E-state index < -0.39 is 0 Å². The first-order valence-electron chi connectivity index (χ1n) is 9.15. The molecule has 0 bridgehead atoms.